The molecule has 4 heteroatoms. The number of nitrogens with zero attached hydrogens (tertiary/aromatic N) is 1. The van der Waals surface area contributed by atoms with Crippen molar-refractivity contribution in [3.8, 4) is 5.75 Å². The average molecular weight is 273 g/mol. The van der Waals surface area contributed by atoms with Crippen molar-refractivity contribution in [2.45, 2.75) is 19.8 Å². The van der Waals surface area contributed by atoms with Crippen LogP contribution < -0.4 is 4.74 Å². The Balaban J connectivity index is 2.23. The highest BCUT2D eigenvalue weighted by Crippen LogP contribution is 2.22. The first kappa shape index (κ1) is 14.2. The van der Waals surface area contributed by atoms with Crippen molar-refractivity contribution in [2.75, 3.05) is 7.11 Å². The van der Waals surface area contributed by atoms with Gasteiger partial charge in [0, 0.05) is 11.9 Å². The van der Waals surface area contributed by atoms with Crippen LogP contribution in [0.3, 0.4) is 0 Å². The van der Waals surface area contributed by atoms with Crippen molar-refractivity contribution in [1.29, 1.82) is 0 Å². The molecule has 0 spiro atoms. The lowest BCUT2D eigenvalue weighted by atomic mass is 10.0. The zero-order valence-electron chi connectivity index (χ0n) is 11.5. The normalized spacial score (nSPS) is 10.3. The second-order valence-corrected chi connectivity index (χ2v) is 4.43. The standard InChI is InChI=1S/C16H16FNO2/c1-3-11-7-8-12(18-10-11)9-14(19)16-13(17)5-4-6-15(16)20-2/h4-8,10H,3,9H2,1-2H3. The third kappa shape index (κ3) is 3.02. The molecule has 0 unspecified atom stereocenters. The monoisotopic (exact) mass is 273 g/mol. The van der Waals surface area contributed by atoms with Crippen LogP contribution in [-0.4, -0.2) is 17.9 Å². The molecule has 0 amide bonds. The third-order valence-corrected chi connectivity index (χ3v) is 3.11. The maximum Gasteiger partial charge on any atom is 0.175 e. The highest BCUT2D eigenvalue weighted by molar-refractivity contribution is 6.00. The predicted octanol–water partition coefficient (Wildman–Crippen LogP) is 3.22. The lowest BCUT2D eigenvalue weighted by molar-refractivity contribution is 0.0985. The summed E-state index contributed by atoms with van der Waals surface area (Å²) in [5.74, 6) is -0.656. The molecular formula is C16H16FNO2. The number of rotatable bonds is 5. The quantitative estimate of drug-likeness (QED) is 0.785. The SMILES string of the molecule is CCc1ccc(CC(=O)c2c(F)cccc2OC)nc1. The molecule has 1 aromatic heterocycles. The molecule has 0 bridgehead atoms. The van der Waals surface area contributed by atoms with Crippen molar-refractivity contribution in [3.05, 3.63) is 59.2 Å². The number of halogens is 1. The molecule has 0 fully saturated rings. The van der Waals surface area contributed by atoms with Crippen molar-refractivity contribution >= 4 is 5.78 Å². The Morgan fingerprint density at radius 3 is 2.70 bits per heavy atom. The summed E-state index contributed by atoms with van der Waals surface area (Å²) >= 11 is 0. The van der Waals surface area contributed by atoms with E-state index >= 15 is 0 Å². The second-order valence-electron chi connectivity index (χ2n) is 4.43. The summed E-state index contributed by atoms with van der Waals surface area (Å²) in [6.45, 7) is 2.03. The van der Waals surface area contributed by atoms with Crippen LogP contribution in [0, 0.1) is 5.82 Å². The van der Waals surface area contributed by atoms with Crippen LogP contribution in [-0.2, 0) is 12.8 Å². The van der Waals surface area contributed by atoms with Gasteiger partial charge >= 0.3 is 0 Å². The van der Waals surface area contributed by atoms with Crippen molar-refractivity contribution < 1.29 is 13.9 Å². The minimum atomic E-state index is -0.570. The van der Waals surface area contributed by atoms with E-state index in [2.05, 4.69) is 4.98 Å². The van der Waals surface area contributed by atoms with Crippen molar-refractivity contribution in [1.82, 2.24) is 4.98 Å². The van der Waals surface area contributed by atoms with E-state index < -0.39 is 5.82 Å². The predicted molar refractivity (Wildman–Crippen MR) is 74.6 cm³/mol. The number of carbonyl (C=O) groups is 1. The number of hydrogen-bond donors (Lipinski definition) is 0. The number of pyridine rings is 1. The summed E-state index contributed by atoms with van der Waals surface area (Å²) < 4.78 is 18.8. The minimum Gasteiger partial charge on any atom is -0.496 e. The molecule has 2 aromatic rings. The molecule has 1 aromatic carbocycles. The van der Waals surface area contributed by atoms with Gasteiger partial charge < -0.3 is 4.74 Å². The van der Waals surface area contributed by atoms with E-state index in [-0.39, 0.29) is 23.5 Å². The number of aryl methyl sites for hydroxylation is 1. The molecular weight excluding hydrogens is 257 g/mol. The van der Waals surface area contributed by atoms with Gasteiger partial charge in [-0.1, -0.05) is 19.1 Å². The average Bonchev–Trinajstić information content (AvgIpc) is 2.47. The number of benzene rings is 1. The number of Topliss-reactive ketones (excluding diaryl/α,β-unsaturated/α-hetero) is 1. The maximum absolute atomic E-state index is 13.8. The van der Waals surface area contributed by atoms with Gasteiger partial charge in [-0.05, 0) is 30.2 Å². The number of aromatic nitrogens is 1. The fourth-order valence-corrected chi connectivity index (χ4v) is 1.97. The number of hydrogen-bond acceptors (Lipinski definition) is 3. The first-order valence-electron chi connectivity index (χ1n) is 6.45. The fourth-order valence-electron chi connectivity index (χ4n) is 1.97. The van der Waals surface area contributed by atoms with Crippen LogP contribution in [0.4, 0.5) is 4.39 Å². The Morgan fingerprint density at radius 2 is 2.10 bits per heavy atom. The molecule has 1 heterocycles. The molecule has 3 nitrogen and oxygen atoms in total. The largest absolute Gasteiger partial charge is 0.496 e. The number of ketones is 1. The van der Waals surface area contributed by atoms with Gasteiger partial charge in [-0.25, -0.2) is 4.39 Å². The zero-order valence-corrected chi connectivity index (χ0v) is 11.5. The van der Waals surface area contributed by atoms with Crippen LogP contribution in [0.25, 0.3) is 0 Å². The summed E-state index contributed by atoms with van der Waals surface area (Å²) in [4.78, 5) is 16.4. The molecule has 104 valence electrons. The Bertz CT molecular complexity index is 608. The number of carbonyl (C=O) groups excluding carboxylic acids is 1. The number of ether oxygens (including phenoxy) is 1. The highest BCUT2D eigenvalue weighted by Gasteiger charge is 2.18. The van der Waals surface area contributed by atoms with E-state index in [1.807, 2.05) is 13.0 Å². The highest BCUT2D eigenvalue weighted by atomic mass is 19.1. The summed E-state index contributed by atoms with van der Waals surface area (Å²) in [6, 6.07) is 8.06. The Kier molecular flexibility index (Phi) is 4.45. The summed E-state index contributed by atoms with van der Waals surface area (Å²) in [6.07, 6.45) is 2.69. The van der Waals surface area contributed by atoms with Crippen LogP contribution in [0.2, 0.25) is 0 Å². The van der Waals surface area contributed by atoms with Gasteiger partial charge in [-0.3, -0.25) is 9.78 Å². The summed E-state index contributed by atoms with van der Waals surface area (Å²) in [7, 11) is 1.42. The van der Waals surface area contributed by atoms with E-state index in [9.17, 15) is 9.18 Å². The number of methoxy groups -OCH3 is 1. The Hall–Kier alpha value is -2.23. The Morgan fingerprint density at radius 1 is 1.30 bits per heavy atom. The minimum absolute atomic E-state index is 0.0173. The van der Waals surface area contributed by atoms with Crippen LogP contribution >= 0.6 is 0 Å². The van der Waals surface area contributed by atoms with E-state index in [4.69, 9.17) is 4.74 Å². The molecule has 0 aliphatic rings. The molecule has 0 saturated heterocycles. The fraction of sp³-hybridized carbons (Fsp3) is 0.250. The molecule has 0 atom stereocenters. The van der Waals surface area contributed by atoms with Gasteiger partial charge in [0.2, 0.25) is 0 Å². The van der Waals surface area contributed by atoms with Gasteiger partial charge in [0.15, 0.2) is 5.78 Å². The summed E-state index contributed by atoms with van der Waals surface area (Å²) in [5, 5.41) is 0. The van der Waals surface area contributed by atoms with Gasteiger partial charge in [0.05, 0.1) is 19.1 Å². The first-order chi connectivity index (χ1) is 9.65. The van der Waals surface area contributed by atoms with Gasteiger partial charge in [0.25, 0.3) is 0 Å². The van der Waals surface area contributed by atoms with E-state index in [1.54, 1.807) is 18.3 Å². The second kappa shape index (κ2) is 6.28. The molecule has 0 radical (unpaired) electrons. The molecule has 20 heavy (non-hydrogen) atoms. The molecule has 0 aliphatic carbocycles. The van der Waals surface area contributed by atoms with Crippen LogP contribution in [0.5, 0.6) is 5.75 Å². The van der Waals surface area contributed by atoms with E-state index in [0.29, 0.717) is 5.69 Å². The van der Waals surface area contributed by atoms with E-state index in [1.165, 1.54) is 19.2 Å². The molecule has 2 rings (SSSR count). The van der Waals surface area contributed by atoms with Crippen LogP contribution in [0.15, 0.2) is 36.5 Å². The lowest BCUT2D eigenvalue weighted by Gasteiger charge is -2.08. The smallest absolute Gasteiger partial charge is 0.175 e. The van der Waals surface area contributed by atoms with Gasteiger partial charge in [-0.2, -0.15) is 0 Å². The summed E-state index contributed by atoms with van der Waals surface area (Å²) in [5.41, 5.74) is 1.71. The third-order valence-electron chi connectivity index (χ3n) is 3.11. The zero-order chi connectivity index (χ0) is 14.5. The molecule has 0 aliphatic heterocycles. The van der Waals surface area contributed by atoms with E-state index in [0.717, 1.165) is 12.0 Å². The van der Waals surface area contributed by atoms with Crippen molar-refractivity contribution in [2.24, 2.45) is 0 Å². The van der Waals surface area contributed by atoms with Gasteiger partial charge in [0.1, 0.15) is 11.6 Å². The lowest BCUT2D eigenvalue weighted by Crippen LogP contribution is -2.09. The topological polar surface area (TPSA) is 39.2 Å². The van der Waals surface area contributed by atoms with Crippen molar-refractivity contribution in [3.63, 3.8) is 0 Å². The Labute approximate surface area is 117 Å². The first-order valence-corrected chi connectivity index (χ1v) is 6.45. The van der Waals surface area contributed by atoms with Crippen LogP contribution in [0.1, 0.15) is 28.5 Å². The molecule has 0 N–H and O–H groups in total. The van der Waals surface area contributed by atoms with Gasteiger partial charge in [-0.15, -0.1) is 0 Å². The maximum atomic E-state index is 13.8. The molecule has 0 saturated carbocycles.